The predicted molar refractivity (Wildman–Crippen MR) is 65.1 cm³/mol. The lowest BCUT2D eigenvalue weighted by atomic mass is 10.0. The number of ether oxygens (including phenoxy) is 2. The molecule has 2 heterocycles. The zero-order valence-corrected chi connectivity index (χ0v) is 11.0. The van der Waals surface area contributed by atoms with Crippen LogP contribution in [-0.4, -0.2) is 36.1 Å². The number of nitrogens with zero attached hydrogens (tertiary/aromatic N) is 2. The normalized spacial score (nSPS) is 19.3. The lowest BCUT2D eigenvalue weighted by molar-refractivity contribution is 0.0665. The van der Waals surface area contributed by atoms with Gasteiger partial charge in [0.2, 0.25) is 5.89 Å². The molecule has 0 bridgehead atoms. The summed E-state index contributed by atoms with van der Waals surface area (Å²) in [5.41, 5.74) is 5.95. The molecule has 1 saturated heterocycles. The molecule has 0 aliphatic carbocycles. The van der Waals surface area contributed by atoms with Crippen molar-refractivity contribution in [3.8, 4) is 0 Å². The Kier molecular flexibility index (Phi) is 4.68. The minimum Gasteiger partial charge on any atom is -0.381 e. The van der Waals surface area contributed by atoms with E-state index in [1.165, 1.54) is 0 Å². The summed E-state index contributed by atoms with van der Waals surface area (Å²) in [5.74, 6) is 1.50. The molecule has 1 aromatic rings. The first-order valence-electron chi connectivity index (χ1n) is 6.45. The first-order valence-corrected chi connectivity index (χ1v) is 6.45. The van der Waals surface area contributed by atoms with Crippen LogP contribution in [0.2, 0.25) is 0 Å². The lowest BCUT2D eigenvalue weighted by Crippen LogP contribution is -2.21. The quantitative estimate of drug-likeness (QED) is 0.856. The van der Waals surface area contributed by atoms with Crippen molar-refractivity contribution < 1.29 is 14.0 Å². The van der Waals surface area contributed by atoms with Gasteiger partial charge in [0.1, 0.15) is 0 Å². The maximum Gasteiger partial charge on any atom is 0.229 e. The van der Waals surface area contributed by atoms with Crippen LogP contribution in [-0.2, 0) is 9.47 Å². The average Bonchev–Trinajstić information content (AvgIpc) is 2.86. The van der Waals surface area contributed by atoms with Gasteiger partial charge in [0, 0.05) is 19.1 Å². The second kappa shape index (κ2) is 6.26. The molecule has 1 aliphatic heterocycles. The van der Waals surface area contributed by atoms with Gasteiger partial charge in [-0.1, -0.05) is 5.16 Å². The Morgan fingerprint density at radius 3 is 2.78 bits per heavy atom. The molecule has 0 aromatic carbocycles. The first kappa shape index (κ1) is 13.5. The number of hydrogen-bond acceptors (Lipinski definition) is 6. The van der Waals surface area contributed by atoms with Crippen molar-refractivity contribution >= 4 is 0 Å². The van der Waals surface area contributed by atoms with Gasteiger partial charge in [-0.05, 0) is 26.7 Å². The predicted octanol–water partition coefficient (Wildman–Crippen LogP) is 1.39. The highest BCUT2D eigenvalue weighted by Gasteiger charge is 2.23. The fraction of sp³-hybridized carbons (Fsp3) is 0.833. The fourth-order valence-corrected chi connectivity index (χ4v) is 1.88. The summed E-state index contributed by atoms with van der Waals surface area (Å²) in [4.78, 5) is 4.37. The molecule has 6 heteroatoms. The summed E-state index contributed by atoms with van der Waals surface area (Å²) >= 11 is 0. The molecule has 0 amide bonds. The smallest absolute Gasteiger partial charge is 0.229 e. The van der Waals surface area contributed by atoms with Gasteiger partial charge in [0.05, 0.1) is 18.8 Å². The number of nitrogens with two attached hydrogens (primary N) is 1. The van der Waals surface area contributed by atoms with Crippen molar-refractivity contribution in [3.05, 3.63) is 11.7 Å². The summed E-state index contributed by atoms with van der Waals surface area (Å²) in [5, 5.41) is 3.94. The van der Waals surface area contributed by atoms with Crippen LogP contribution >= 0.6 is 0 Å². The van der Waals surface area contributed by atoms with Crippen LogP contribution in [0.3, 0.4) is 0 Å². The maximum absolute atomic E-state index is 5.95. The molecule has 18 heavy (non-hydrogen) atoms. The third-order valence-corrected chi connectivity index (χ3v) is 2.97. The largest absolute Gasteiger partial charge is 0.381 e. The third-order valence-electron chi connectivity index (χ3n) is 2.97. The van der Waals surface area contributed by atoms with Crippen molar-refractivity contribution in [2.24, 2.45) is 5.73 Å². The molecule has 2 rings (SSSR count). The van der Waals surface area contributed by atoms with E-state index in [4.69, 9.17) is 19.7 Å². The molecule has 1 aliphatic rings. The molecule has 1 atom stereocenters. The molecule has 0 spiro atoms. The van der Waals surface area contributed by atoms with E-state index in [0.29, 0.717) is 24.2 Å². The monoisotopic (exact) mass is 255 g/mol. The zero-order valence-electron chi connectivity index (χ0n) is 11.0. The van der Waals surface area contributed by atoms with Crippen LogP contribution in [0.1, 0.15) is 50.4 Å². The highest BCUT2D eigenvalue weighted by molar-refractivity contribution is 4.98. The van der Waals surface area contributed by atoms with Gasteiger partial charge in [0.15, 0.2) is 5.82 Å². The molecule has 1 fully saturated rings. The van der Waals surface area contributed by atoms with Crippen molar-refractivity contribution in [2.45, 2.75) is 44.8 Å². The Labute approximate surface area is 107 Å². The van der Waals surface area contributed by atoms with Gasteiger partial charge in [-0.2, -0.15) is 4.98 Å². The average molecular weight is 255 g/mol. The Hall–Kier alpha value is -0.980. The Morgan fingerprint density at radius 1 is 1.39 bits per heavy atom. The van der Waals surface area contributed by atoms with Crippen molar-refractivity contribution in [1.29, 1.82) is 0 Å². The number of rotatable bonds is 5. The van der Waals surface area contributed by atoms with Crippen LogP contribution in [0.25, 0.3) is 0 Å². The first-order chi connectivity index (χ1) is 8.66. The molecular weight excluding hydrogens is 234 g/mol. The summed E-state index contributed by atoms with van der Waals surface area (Å²) in [6.45, 7) is 5.85. The molecule has 0 saturated carbocycles. The van der Waals surface area contributed by atoms with Crippen molar-refractivity contribution in [2.75, 3.05) is 19.8 Å². The van der Waals surface area contributed by atoms with E-state index in [2.05, 4.69) is 10.1 Å². The maximum atomic E-state index is 5.95. The Bertz CT molecular complexity index is 361. The van der Waals surface area contributed by atoms with E-state index >= 15 is 0 Å². The highest BCUT2D eigenvalue weighted by atomic mass is 16.5. The van der Waals surface area contributed by atoms with Gasteiger partial charge in [-0.3, -0.25) is 0 Å². The van der Waals surface area contributed by atoms with E-state index in [-0.39, 0.29) is 12.1 Å². The Balaban J connectivity index is 1.92. The van der Waals surface area contributed by atoms with Crippen molar-refractivity contribution in [3.63, 3.8) is 0 Å². The van der Waals surface area contributed by atoms with E-state index in [0.717, 1.165) is 26.1 Å². The summed E-state index contributed by atoms with van der Waals surface area (Å²) in [6, 6.07) is -0.329. The second-order valence-electron chi connectivity index (χ2n) is 4.87. The summed E-state index contributed by atoms with van der Waals surface area (Å²) in [7, 11) is 0. The van der Waals surface area contributed by atoms with E-state index in [1.807, 2.05) is 13.8 Å². The lowest BCUT2D eigenvalue weighted by Gasteiger charge is -2.18. The molecule has 6 nitrogen and oxygen atoms in total. The van der Waals surface area contributed by atoms with Crippen LogP contribution in [0, 0.1) is 0 Å². The summed E-state index contributed by atoms with van der Waals surface area (Å²) in [6.07, 6.45) is 2.01. The zero-order chi connectivity index (χ0) is 13.0. The molecule has 2 N–H and O–H groups in total. The van der Waals surface area contributed by atoms with Gasteiger partial charge in [0.25, 0.3) is 0 Å². The molecular formula is C12H21N3O3. The Morgan fingerprint density at radius 2 is 2.11 bits per heavy atom. The number of hydrogen-bond donors (Lipinski definition) is 1. The standard InChI is InChI=1S/C12H21N3O3/c1-8(2)17-7-10(13)11-14-12(18-15-11)9-3-5-16-6-4-9/h8-10H,3-7,13H2,1-2H3. The molecule has 0 radical (unpaired) electrons. The molecule has 1 unspecified atom stereocenters. The van der Waals surface area contributed by atoms with E-state index in [1.54, 1.807) is 0 Å². The van der Waals surface area contributed by atoms with Crippen LogP contribution in [0.4, 0.5) is 0 Å². The van der Waals surface area contributed by atoms with Crippen LogP contribution in [0.5, 0.6) is 0 Å². The topological polar surface area (TPSA) is 83.4 Å². The minimum absolute atomic E-state index is 0.151. The minimum atomic E-state index is -0.329. The van der Waals surface area contributed by atoms with Crippen LogP contribution < -0.4 is 5.73 Å². The highest BCUT2D eigenvalue weighted by Crippen LogP contribution is 2.25. The van der Waals surface area contributed by atoms with E-state index in [9.17, 15) is 0 Å². The van der Waals surface area contributed by atoms with Gasteiger partial charge in [-0.25, -0.2) is 0 Å². The fourth-order valence-electron chi connectivity index (χ4n) is 1.88. The van der Waals surface area contributed by atoms with E-state index < -0.39 is 0 Å². The molecule has 102 valence electrons. The van der Waals surface area contributed by atoms with Gasteiger partial charge in [-0.15, -0.1) is 0 Å². The molecule has 1 aromatic heterocycles. The summed E-state index contributed by atoms with van der Waals surface area (Å²) < 4.78 is 16.0. The second-order valence-corrected chi connectivity index (χ2v) is 4.87. The van der Waals surface area contributed by atoms with Gasteiger partial charge >= 0.3 is 0 Å². The van der Waals surface area contributed by atoms with Crippen molar-refractivity contribution in [1.82, 2.24) is 10.1 Å². The van der Waals surface area contributed by atoms with Gasteiger partial charge < -0.3 is 19.7 Å². The number of aromatic nitrogens is 2. The third kappa shape index (κ3) is 3.51. The SMILES string of the molecule is CC(C)OCC(N)c1noc(C2CCOCC2)n1. The van der Waals surface area contributed by atoms with Crippen LogP contribution in [0.15, 0.2) is 4.52 Å².